The molecule has 0 atom stereocenters. The quantitative estimate of drug-likeness (QED) is 0.615. The molecule has 0 unspecified atom stereocenters. The molecule has 3 rings (SSSR count). The summed E-state index contributed by atoms with van der Waals surface area (Å²) in [6.07, 6.45) is 7.37. The van der Waals surface area contributed by atoms with Crippen LogP contribution in [0.1, 0.15) is 41.9 Å². The minimum atomic E-state index is -0.108. The molecule has 142 valence electrons. The summed E-state index contributed by atoms with van der Waals surface area (Å²) >= 11 is 0. The van der Waals surface area contributed by atoms with Crippen molar-refractivity contribution in [2.75, 3.05) is 0 Å². The Morgan fingerprint density at radius 1 is 1.15 bits per heavy atom. The lowest BCUT2D eigenvalue weighted by Crippen LogP contribution is -2.36. The molecule has 0 N–H and O–H groups in total. The highest BCUT2D eigenvalue weighted by Gasteiger charge is 2.22. The van der Waals surface area contributed by atoms with Crippen LogP contribution in [0.3, 0.4) is 0 Å². The van der Waals surface area contributed by atoms with Crippen LogP contribution in [0.2, 0.25) is 0 Å². The Hall–Kier alpha value is -2.96. The molecular weight excluding hydrogens is 340 g/mol. The maximum Gasteiger partial charge on any atom is 0.276 e. The van der Waals surface area contributed by atoms with Gasteiger partial charge in [0.15, 0.2) is 5.69 Å². The fraction of sp³-hybridized carbons (Fsp3) is 0.400. The van der Waals surface area contributed by atoms with E-state index in [0.717, 1.165) is 24.9 Å². The van der Waals surface area contributed by atoms with Crippen molar-refractivity contribution in [2.45, 2.75) is 45.8 Å². The van der Waals surface area contributed by atoms with E-state index in [-0.39, 0.29) is 11.9 Å². The monoisotopic (exact) mass is 366 g/mol. The molecule has 3 aromatic rings. The molecule has 7 nitrogen and oxygen atoms in total. The van der Waals surface area contributed by atoms with Gasteiger partial charge in [-0.05, 0) is 32.3 Å². The Labute approximate surface area is 159 Å². The molecule has 0 fully saturated rings. The van der Waals surface area contributed by atoms with Crippen molar-refractivity contribution < 1.29 is 4.79 Å². The molecule has 0 aliphatic carbocycles. The lowest BCUT2D eigenvalue weighted by atomic mass is 10.1. The molecular formula is C20H26N6O. The number of rotatable bonds is 8. The molecule has 2 heterocycles. The number of carbonyl (C=O) groups is 1. The first-order chi connectivity index (χ1) is 13.0. The van der Waals surface area contributed by atoms with Crippen LogP contribution in [-0.2, 0) is 26.6 Å². The highest BCUT2D eigenvalue weighted by Crippen LogP contribution is 2.12. The zero-order valence-electron chi connectivity index (χ0n) is 16.1. The summed E-state index contributed by atoms with van der Waals surface area (Å²) in [5, 5.41) is 12.4. The lowest BCUT2D eigenvalue weighted by Gasteiger charge is -2.25. The van der Waals surface area contributed by atoms with Gasteiger partial charge in [-0.25, -0.2) is 0 Å². The number of nitrogens with zero attached hydrogens (tertiary/aromatic N) is 6. The number of carbonyl (C=O) groups excluding carboxylic acids is 1. The molecule has 1 aromatic carbocycles. The maximum absolute atomic E-state index is 12.9. The molecule has 7 heteroatoms. The van der Waals surface area contributed by atoms with Crippen LogP contribution in [0.25, 0.3) is 0 Å². The van der Waals surface area contributed by atoms with Crippen LogP contribution in [0.5, 0.6) is 0 Å². The van der Waals surface area contributed by atoms with Crippen molar-refractivity contribution in [3.8, 4) is 0 Å². The molecule has 0 spiro atoms. The molecule has 0 saturated carbocycles. The summed E-state index contributed by atoms with van der Waals surface area (Å²) in [5.41, 5.74) is 2.68. The van der Waals surface area contributed by atoms with Gasteiger partial charge in [-0.3, -0.25) is 14.2 Å². The van der Waals surface area contributed by atoms with Gasteiger partial charge in [-0.2, -0.15) is 5.10 Å². The van der Waals surface area contributed by atoms with Gasteiger partial charge in [0.1, 0.15) is 0 Å². The van der Waals surface area contributed by atoms with E-state index in [0.29, 0.717) is 12.2 Å². The zero-order valence-corrected chi connectivity index (χ0v) is 16.1. The molecule has 0 radical (unpaired) electrons. The van der Waals surface area contributed by atoms with Crippen LogP contribution in [0, 0.1) is 0 Å². The van der Waals surface area contributed by atoms with Crippen LogP contribution >= 0.6 is 0 Å². The Kier molecular flexibility index (Phi) is 6.01. The van der Waals surface area contributed by atoms with Crippen molar-refractivity contribution >= 4 is 5.91 Å². The van der Waals surface area contributed by atoms with Crippen LogP contribution < -0.4 is 0 Å². The molecule has 1 amide bonds. The second kappa shape index (κ2) is 8.62. The largest absolute Gasteiger partial charge is 0.330 e. The first-order valence-electron chi connectivity index (χ1n) is 9.25. The summed E-state index contributed by atoms with van der Waals surface area (Å²) in [6.45, 7) is 5.24. The van der Waals surface area contributed by atoms with Crippen molar-refractivity contribution in [3.05, 3.63) is 65.7 Å². The summed E-state index contributed by atoms with van der Waals surface area (Å²) in [4.78, 5) is 14.7. The molecule has 0 aliphatic heterocycles. The normalized spacial score (nSPS) is 11.1. The third-order valence-corrected chi connectivity index (χ3v) is 4.45. The van der Waals surface area contributed by atoms with E-state index in [9.17, 15) is 4.79 Å². The van der Waals surface area contributed by atoms with E-state index < -0.39 is 0 Å². The Morgan fingerprint density at radius 2 is 1.93 bits per heavy atom. The van der Waals surface area contributed by atoms with E-state index >= 15 is 0 Å². The Morgan fingerprint density at radius 3 is 2.59 bits per heavy atom. The molecule has 27 heavy (non-hydrogen) atoms. The third kappa shape index (κ3) is 5.03. The van der Waals surface area contributed by atoms with Crippen LogP contribution in [0.4, 0.5) is 0 Å². The molecule has 2 aromatic heterocycles. The second-order valence-corrected chi connectivity index (χ2v) is 7.01. The zero-order chi connectivity index (χ0) is 19.2. The van der Waals surface area contributed by atoms with Crippen molar-refractivity contribution in [1.82, 2.24) is 29.7 Å². The topological polar surface area (TPSA) is 68.8 Å². The summed E-state index contributed by atoms with van der Waals surface area (Å²) in [5.74, 6) is -0.108. The average molecular weight is 366 g/mol. The minimum Gasteiger partial charge on any atom is -0.330 e. The predicted molar refractivity (Wildman–Crippen MR) is 103 cm³/mol. The van der Waals surface area contributed by atoms with E-state index in [2.05, 4.69) is 27.5 Å². The number of hydrogen-bond donors (Lipinski definition) is 0. The predicted octanol–water partition coefficient (Wildman–Crippen LogP) is 2.70. The summed E-state index contributed by atoms with van der Waals surface area (Å²) in [7, 11) is 1.87. The second-order valence-electron chi connectivity index (χ2n) is 7.01. The van der Waals surface area contributed by atoms with E-state index in [1.54, 1.807) is 26.7 Å². The molecule has 0 aliphatic rings. The first-order valence-corrected chi connectivity index (χ1v) is 9.25. The highest BCUT2D eigenvalue weighted by molar-refractivity contribution is 5.92. The first kappa shape index (κ1) is 18.8. The average Bonchev–Trinajstić information content (AvgIpc) is 3.29. The highest BCUT2D eigenvalue weighted by atomic mass is 16.2. The number of benzene rings is 1. The van der Waals surface area contributed by atoms with Gasteiger partial charge in [-0.15, -0.1) is 5.10 Å². The van der Waals surface area contributed by atoms with Gasteiger partial charge >= 0.3 is 0 Å². The maximum atomic E-state index is 12.9. The Balaban J connectivity index is 1.60. The third-order valence-electron chi connectivity index (χ3n) is 4.45. The van der Waals surface area contributed by atoms with E-state index in [1.165, 1.54) is 5.56 Å². The van der Waals surface area contributed by atoms with Crippen LogP contribution in [-0.4, -0.2) is 41.6 Å². The fourth-order valence-electron chi connectivity index (χ4n) is 2.98. The van der Waals surface area contributed by atoms with Gasteiger partial charge in [0.2, 0.25) is 0 Å². The van der Waals surface area contributed by atoms with Gasteiger partial charge < -0.3 is 4.90 Å². The van der Waals surface area contributed by atoms with Gasteiger partial charge in [0, 0.05) is 37.9 Å². The number of aromatic nitrogens is 5. The number of aryl methyl sites for hydroxylation is 3. The fourth-order valence-corrected chi connectivity index (χ4v) is 2.98. The number of hydrogen-bond acceptors (Lipinski definition) is 4. The smallest absolute Gasteiger partial charge is 0.276 e. The lowest BCUT2D eigenvalue weighted by molar-refractivity contribution is 0.0684. The van der Waals surface area contributed by atoms with E-state index in [4.69, 9.17) is 0 Å². The SMILES string of the molecule is CC(C)N(Cc1cnn(C)c1)C(=O)c1cn(CCCc2ccccc2)nn1. The van der Waals surface area contributed by atoms with Gasteiger partial charge in [0.25, 0.3) is 5.91 Å². The summed E-state index contributed by atoms with van der Waals surface area (Å²) in [6, 6.07) is 10.4. The summed E-state index contributed by atoms with van der Waals surface area (Å²) < 4.78 is 3.49. The Bertz CT molecular complexity index is 867. The molecule has 0 saturated heterocycles. The van der Waals surface area contributed by atoms with Crippen molar-refractivity contribution in [1.29, 1.82) is 0 Å². The van der Waals surface area contributed by atoms with E-state index in [1.807, 2.05) is 45.3 Å². The van der Waals surface area contributed by atoms with Gasteiger partial charge in [0.05, 0.1) is 12.4 Å². The van der Waals surface area contributed by atoms with Crippen molar-refractivity contribution in [3.63, 3.8) is 0 Å². The van der Waals surface area contributed by atoms with Crippen molar-refractivity contribution in [2.24, 2.45) is 7.05 Å². The molecule has 0 bridgehead atoms. The minimum absolute atomic E-state index is 0.0564. The number of amides is 1. The standard InChI is InChI=1S/C20H26N6O/c1-16(2)26(14-18-12-21-24(3)13-18)20(27)19-15-25(23-22-19)11-7-10-17-8-5-4-6-9-17/h4-6,8-9,12-13,15-16H,7,10-11,14H2,1-3H3. The van der Waals surface area contributed by atoms with Gasteiger partial charge in [-0.1, -0.05) is 35.5 Å². The van der Waals surface area contributed by atoms with Crippen LogP contribution in [0.15, 0.2) is 48.9 Å².